The van der Waals surface area contributed by atoms with E-state index in [-0.39, 0.29) is 11.8 Å². The molecule has 1 unspecified atom stereocenters. The van der Waals surface area contributed by atoms with Gasteiger partial charge in [-0.1, -0.05) is 17.7 Å². The summed E-state index contributed by atoms with van der Waals surface area (Å²) in [5.41, 5.74) is 2.05. The van der Waals surface area contributed by atoms with Crippen molar-refractivity contribution in [1.29, 1.82) is 0 Å². The molecule has 0 saturated carbocycles. The highest BCUT2D eigenvalue weighted by Crippen LogP contribution is 2.26. The molecule has 3 heterocycles. The lowest BCUT2D eigenvalue weighted by atomic mass is 9.96. The van der Waals surface area contributed by atoms with Crippen LogP contribution in [0.25, 0.3) is 0 Å². The van der Waals surface area contributed by atoms with Crippen LogP contribution in [-0.4, -0.2) is 29.0 Å². The smallest absolute Gasteiger partial charge is 0.232 e. The van der Waals surface area contributed by atoms with Crippen LogP contribution in [0.4, 0.5) is 11.6 Å². The lowest BCUT2D eigenvalue weighted by Crippen LogP contribution is -2.45. The minimum atomic E-state index is -0.103. The first-order chi connectivity index (χ1) is 13.7. The lowest BCUT2D eigenvalue weighted by molar-refractivity contribution is -0.122. The van der Waals surface area contributed by atoms with Gasteiger partial charge in [-0.3, -0.25) is 4.79 Å². The van der Waals surface area contributed by atoms with Crippen molar-refractivity contribution >= 4 is 17.5 Å². The summed E-state index contributed by atoms with van der Waals surface area (Å²) in [6, 6.07) is 13.6. The third-order valence-electron chi connectivity index (χ3n) is 5.11. The second kappa shape index (κ2) is 8.25. The van der Waals surface area contributed by atoms with Crippen LogP contribution in [0.15, 0.2) is 65.5 Å². The van der Waals surface area contributed by atoms with Gasteiger partial charge >= 0.3 is 0 Å². The third-order valence-corrected chi connectivity index (χ3v) is 5.11. The van der Waals surface area contributed by atoms with E-state index in [2.05, 4.69) is 14.9 Å². The van der Waals surface area contributed by atoms with Crippen LogP contribution < -0.4 is 9.80 Å². The molecule has 0 spiro atoms. The molecule has 2 aromatic heterocycles. The Morgan fingerprint density at radius 2 is 1.96 bits per heavy atom. The molecule has 1 aromatic carbocycles. The number of hydrogen-bond acceptors (Lipinski definition) is 5. The summed E-state index contributed by atoms with van der Waals surface area (Å²) < 4.78 is 5.51. The van der Waals surface area contributed by atoms with Crippen LogP contribution in [0, 0.1) is 12.8 Å². The van der Waals surface area contributed by atoms with Gasteiger partial charge < -0.3 is 14.2 Å². The molecule has 0 bridgehead atoms. The van der Waals surface area contributed by atoms with Crippen molar-refractivity contribution in [2.75, 3.05) is 22.9 Å². The number of carbonyl (C=O) groups is 1. The summed E-state index contributed by atoms with van der Waals surface area (Å²) in [7, 11) is 0. The number of anilines is 2. The van der Waals surface area contributed by atoms with Crippen molar-refractivity contribution in [1.82, 2.24) is 9.97 Å². The van der Waals surface area contributed by atoms with Crippen LogP contribution in [0.3, 0.4) is 0 Å². The standard InChI is InChI=1S/C22H24N4O2/c1-17-7-9-19(10-8-17)26(16-20-6-3-14-28-20)21(27)18-5-2-13-25(15-18)22-23-11-4-12-24-22/h3-4,6-12,14,18H,2,5,13,15-16H2,1H3. The van der Waals surface area contributed by atoms with Crippen molar-refractivity contribution in [2.24, 2.45) is 5.92 Å². The van der Waals surface area contributed by atoms with Gasteiger partial charge in [0.15, 0.2) is 0 Å². The molecule has 1 fully saturated rings. The minimum absolute atomic E-state index is 0.103. The van der Waals surface area contributed by atoms with E-state index < -0.39 is 0 Å². The summed E-state index contributed by atoms with van der Waals surface area (Å²) in [5, 5.41) is 0. The highest BCUT2D eigenvalue weighted by atomic mass is 16.3. The molecular formula is C22H24N4O2. The van der Waals surface area contributed by atoms with Gasteiger partial charge in [-0.25, -0.2) is 9.97 Å². The van der Waals surface area contributed by atoms with E-state index >= 15 is 0 Å². The van der Waals surface area contributed by atoms with Gasteiger partial charge in [0.25, 0.3) is 0 Å². The maximum Gasteiger partial charge on any atom is 0.232 e. The Hall–Kier alpha value is -3.15. The molecule has 0 N–H and O–H groups in total. The molecule has 1 atom stereocenters. The van der Waals surface area contributed by atoms with E-state index in [0.29, 0.717) is 19.0 Å². The number of aryl methyl sites for hydroxylation is 1. The Morgan fingerprint density at radius 3 is 2.68 bits per heavy atom. The molecule has 3 aromatic rings. The van der Waals surface area contributed by atoms with Crippen molar-refractivity contribution < 1.29 is 9.21 Å². The number of benzene rings is 1. The van der Waals surface area contributed by atoms with E-state index in [0.717, 1.165) is 30.8 Å². The average Bonchev–Trinajstić information content (AvgIpc) is 3.26. The van der Waals surface area contributed by atoms with Crippen LogP contribution in [0.2, 0.25) is 0 Å². The number of piperidine rings is 1. The largest absolute Gasteiger partial charge is 0.467 e. The van der Waals surface area contributed by atoms with Crippen molar-refractivity contribution in [2.45, 2.75) is 26.3 Å². The first-order valence-corrected chi connectivity index (χ1v) is 9.63. The molecule has 6 nitrogen and oxygen atoms in total. The molecule has 0 radical (unpaired) electrons. The number of rotatable bonds is 5. The van der Waals surface area contributed by atoms with Gasteiger partial charge in [0, 0.05) is 31.2 Å². The summed E-state index contributed by atoms with van der Waals surface area (Å²) >= 11 is 0. The van der Waals surface area contributed by atoms with Crippen LogP contribution in [0.5, 0.6) is 0 Å². The zero-order valence-corrected chi connectivity index (χ0v) is 16.0. The van der Waals surface area contributed by atoms with E-state index in [9.17, 15) is 4.79 Å². The number of aromatic nitrogens is 2. The van der Waals surface area contributed by atoms with Gasteiger partial charge in [-0.15, -0.1) is 0 Å². The Morgan fingerprint density at radius 1 is 1.18 bits per heavy atom. The second-order valence-corrected chi connectivity index (χ2v) is 7.17. The molecule has 144 valence electrons. The predicted molar refractivity (Wildman–Crippen MR) is 108 cm³/mol. The van der Waals surface area contributed by atoms with Crippen molar-refractivity contribution in [3.8, 4) is 0 Å². The second-order valence-electron chi connectivity index (χ2n) is 7.17. The van der Waals surface area contributed by atoms with E-state index in [1.165, 1.54) is 5.56 Å². The molecule has 1 amide bonds. The molecule has 28 heavy (non-hydrogen) atoms. The Kier molecular flexibility index (Phi) is 5.37. The normalized spacial score (nSPS) is 16.8. The molecule has 0 aliphatic carbocycles. The number of nitrogens with zero attached hydrogens (tertiary/aromatic N) is 4. The van der Waals surface area contributed by atoms with Gasteiger partial charge in [-0.2, -0.15) is 0 Å². The highest BCUT2D eigenvalue weighted by molar-refractivity contribution is 5.95. The fourth-order valence-corrected chi connectivity index (χ4v) is 3.61. The average molecular weight is 376 g/mol. The summed E-state index contributed by atoms with van der Waals surface area (Å²) in [6.45, 7) is 3.97. The fourth-order valence-electron chi connectivity index (χ4n) is 3.61. The molecule has 6 heteroatoms. The number of furan rings is 1. The SMILES string of the molecule is Cc1ccc(N(Cc2ccco2)C(=O)C2CCCN(c3ncccn3)C2)cc1. The number of hydrogen-bond donors (Lipinski definition) is 0. The molecule has 4 rings (SSSR count). The fraction of sp³-hybridized carbons (Fsp3) is 0.318. The van der Waals surface area contributed by atoms with Gasteiger partial charge in [0.1, 0.15) is 5.76 Å². The lowest BCUT2D eigenvalue weighted by Gasteiger charge is -2.34. The van der Waals surface area contributed by atoms with Crippen molar-refractivity contribution in [3.05, 3.63) is 72.4 Å². The Labute approximate surface area is 164 Å². The van der Waals surface area contributed by atoms with Gasteiger partial charge in [0.05, 0.1) is 18.7 Å². The van der Waals surface area contributed by atoms with Crippen LogP contribution >= 0.6 is 0 Å². The van der Waals surface area contributed by atoms with Crippen LogP contribution in [-0.2, 0) is 11.3 Å². The quantitative estimate of drug-likeness (QED) is 0.677. The first kappa shape index (κ1) is 18.2. The molecule has 1 aliphatic rings. The summed E-state index contributed by atoms with van der Waals surface area (Å²) in [4.78, 5) is 26.1. The monoisotopic (exact) mass is 376 g/mol. The molecular weight excluding hydrogens is 352 g/mol. The maximum absolute atomic E-state index is 13.5. The Bertz CT molecular complexity index is 894. The zero-order chi connectivity index (χ0) is 19.3. The van der Waals surface area contributed by atoms with Crippen LogP contribution in [0.1, 0.15) is 24.2 Å². The first-order valence-electron chi connectivity index (χ1n) is 9.63. The molecule has 1 saturated heterocycles. The van der Waals surface area contributed by atoms with E-state index in [1.54, 1.807) is 24.7 Å². The third kappa shape index (κ3) is 4.06. The minimum Gasteiger partial charge on any atom is -0.467 e. The molecule has 1 aliphatic heterocycles. The number of carbonyl (C=O) groups excluding carboxylic acids is 1. The maximum atomic E-state index is 13.5. The van der Waals surface area contributed by atoms with E-state index in [1.807, 2.05) is 48.2 Å². The Balaban J connectivity index is 1.56. The highest BCUT2D eigenvalue weighted by Gasteiger charge is 2.31. The van der Waals surface area contributed by atoms with Crippen molar-refractivity contribution in [3.63, 3.8) is 0 Å². The zero-order valence-electron chi connectivity index (χ0n) is 16.0. The summed E-state index contributed by atoms with van der Waals surface area (Å²) in [5.74, 6) is 1.47. The van der Waals surface area contributed by atoms with Gasteiger partial charge in [0.2, 0.25) is 11.9 Å². The predicted octanol–water partition coefficient (Wildman–Crippen LogP) is 3.83. The topological polar surface area (TPSA) is 62.5 Å². The number of amides is 1. The summed E-state index contributed by atoms with van der Waals surface area (Å²) in [6.07, 6.45) is 6.93. The van der Waals surface area contributed by atoms with Gasteiger partial charge in [-0.05, 0) is 50.1 Å². The van der Waals surface area contributed by atoms with E-state index in [4.69, 9.17) is 4.42 Å².